The summed E-state index contributed by atoms with van der Waals surface area (Å²) in [5, 5.41) is 8.66. The van der Waals surface area contributed by atoms with E-state index in [1.165, 1.54) is 6.07 Å². The molecule has 17 heavy (non-hydrogen) atoms. The number of esters is 1. The topological polar surface area (TPSA) is 76.5 Å². The van der Waals surface area contributed by atoms with Gasteiger partial charge in [0, 0.05) is 0 Å². The van der Waals surface area contributed by atoms with Gasteiger partial charge < -0.3 is 9.84 Å². The Kier molecular flexibility index (Phi) is 3.15. The van der Waals surface area contributed by atoms with Gasteiger partial charge in [-0.3, -0.25) is 0 Å². The smallest absolute Gasteiger partial charge is 0.355 e. The standard InChI is InChI=1S/C11H7NO4S/c13-10(14)8-6-9(17-12-8)11(15)16-7-4-2-1-3-5-7/h1-6H,(H,13,14). The number of carboxylic acid groups (broad SMARTS) is 1. The van der Waals surface area contributed by atoms with Gasteiger partial charge in [-0.2, -0.15) is 4.37 Å². The number of ether oxygens (including phenoxy) is 1. The van der Waals surface area contributed by atoms with Crippen LogP contribution >= 0.6 is 11.5 Å². The Labute approximate surface area is 100 Å². The first-order chi connectivity index (χ1) is 8.16. The van der Waals surface area contributed by atoms with Crippen LogP contribution in [0, 0.1) is 0 Å². The molecule has 0 aliphatic rings. The van der Waals surface area contributed by atoms with Crippen LogP contribution in [0.3, 0.4) is 0 Å². The van der Waals surface area contributed by atoms with Crippen molar-refractivity contribution in [1.82, 2.24) is 4.37 Å². The maximum Gasteiger partial charge on any atom is 0.355 e. The van der Waals surface area contributed by atoms with E-state index >= 15 is 0 Å². The van der Waals surface area contributed by atoms with E-state index in [1.807, 2.05) is 0 Å². The van der Waals surface area contributed by atoms with Gasteiger partial charge in [-0.05, 0) is 29.7 Å². The minimum atomic E-state index is -1.17. The number of benzene rings is 1. The van der Waals surface area contributed by atoms with Crippen LogP contribution in [0.1, 0.15) is 20.2 Å². The molecular weight excluding hydrogens is 242 g/mol. The minimum absolute atomic E-state index is 0.157. The SMILES string of the molecule is O=C(O)c1cc(C(=O)Oc2ccccc2)sn1. The average Bonchev–Trinajstić information content (AvgIpc) is 2.79. The summed E-state index contributed by atoms with van der Waals surface area (Å²) in [7, 11) is 0. The van der Waals surface area contributed by atoms with E-state index in [2.05, 4.69) is 4.37 Å². The van der Waals surface area contributed by atoms with Crippen LogP contribution in [-0.4, -0.2) is 21.4 Å². The first kappa shape index (κ1) is 11.3. The van der Waals surface area contributed by atoms with E-state index < -0.39 is 11.9 Å². The number of hydrogen-bond donors (Lipinski definition) is 1. The lowest BCUT2D eigenvalue weighted by atomic mass is 10.3. The van der Waals surface area contributed by atoms with Gasteiger partial charge in [-0.25, -0.2) is 9.59 Å². The van der Waals surface area contributed by atoms with E-state index in [0.29, 0.717) is 5.75 Å². The quantitative estimate of drug-likeness (QED) is 0.665. The van der Waals surface area contributed by atoms with E-state index in [9.17, 15) is 9.59 Å². The molecule has 5 nitrogen and oxygen atoms in total. The lowest BCUT2D eigenvalue weighted by Gasteiger charge is -2.00. The summed E-state index contributed by atoms with van der Waals surface area (Å²) in [6.45, 7) is 0. The highest BCUT2D eigenvalue weighted by Crippen LogP contribution is 2.15. The predicted octanol–water partition coefficient (Wildman–Crippen LogP) is 2.06. The van der Waals surface area contributed by atoms with E-state index in [0.717, 1.165) is 11.5 Å². The third-order valence-corrected chi connectivity index (χ3v) is 2.65. The molecule has 0 unspecified atom stereocenters. The van der Waals surface area contributed by atoms with E-state index in [4.69, 9.17) is 9.84 Å². The fourth-order valence-corrected chi connectivity index (χ4v) is 1.73. The van der Waals surface area contributed by atoms with Gasteiger partial charge >= 0.3 is 11.9 Å². The highest BCUT2D eigenvalue weighted by atomic mass is 32.1. The fraction of sp³-hybridized carbons (Fsp3) is 0. The average molecular weight is 249 g/mol. The number of aromatic nitrogens is 1. The number of carboxylic acids is 1. The molecule has 0 saturated carbocycles. The third kappa shape index (κ3) is 2.67. The Morgan fingerprint density at radius 1 is 1.24 bits per heavy atom. The summed E-state index contributed by atoms with van der Waals surface area (Å²) in [5.41, 5.74) is -0.157. The Morgan fingerprint density at radius 2 is 1.94 bits per heavy atom. The lowest BCUT2D eigenvalue weighted by Crippen LogP contribution is -2.06. The Bertz CT molecular complexity index is 550. The molecule has 0 aliphatic carbocycles. The first-order valence-corrected chi connectivity index (χ1v) is 5.41. The second-order valence-corrected chi connectivity index (χ2v) is 3.89. The maximum atomic E-state index is 11.6. The zero-order chi connectivity index (χ0) is 12.3. The zero-order valence-corrected chi connectivity index (χ0v) is 9.31. The molecule has 1 N–H and O–H groups in total. The van der Waals surface area contributed by atoms with Gasteiger partial charge in [-0.1, -0.05) is 18.2 Å². The van der Waals surface area contributed by atoms with Crippen molar-refractivity contribution in [3.05, 3.63) is 47.0 Å². The van der Waals surface area contributed by atoms with Crippen molar-refractivity contribution in [2.24, 2.45) is 0 Å². The first-order valence-electron chi connectivity index (χ1n) is 4.64. The molecule has 1 aromatic heterocycles. The second kappa shape index (κ2) is 4.75. The molecule has 0 aliphatic heterocycles. The largest absolute Gasteiger partial charge is 0.476 e. The monoisotopic (exact) mass is 249 g/mol. The summed E-state index contributed by atoms with van der Waals surface area (Å²) < 4.78 is 8.65. The van der Waals surface area contributed by atoms with Crippen LogP contribution in [0.25, 0.3) is 0 Å². The Hall–Kier alpha value is -2.21. The molecule has 6 heteroatoms. The van der Waals surface area contributed by atoms with Crippen molar-refractivity contribution < 1.29 is 19.4 Å². The molecule has 0 fully saturated rings. The van der Waals surface area contributed by atoms with Crippen LogP contribution in [0.4, 0.5) is 0 Å². The van der Waals surface area contributed by atoms with Gasteiger partial charge in [0.25, 0.3) is 0 Å². The minimum Gasteiger partial charge on any atom is -0.476 e. The lowest BCUT2D eigenvalue weighted by molar-refractivity contribution is 0.0691. The number of hydrogen-bond acceptors (Lipinski definition) is 5. The van der Waals surface area contributed by atoms with Crippen LogP contribution < -0.4 is 4.74 Å². The molecule has 2 rings (SSSR count). The van der Waals surface area contributed by atoms with Crippen LogP contribution in [0.15, 0.2) is 36.4 Å². The summed E-state index contributed by atoms with van der Waals surface area (Å²) in [6, 6.07) is 9.73. The molecule has 2 aromatic rings. The summed E-state index contributed by atoms with van der Waals surface area (Å²) >= 11 is 0.800. The molecule has 86 valence electrons. The van der Waals surface area contributed by atoms with Crippen molar-refractivity contribution in [2.75, 3.05) is 0 Å². The van der Waals surface area contributed by atoms with Crippen molar-refractivity contribution in [3.63, 3.8) is 0 Å². The zero-order valence-electron chi connectivity index (χ0n) is 8.49. The van der Waals surface area contributed by atoms with Gasteiger partial charge in [0.05, 0.1) is 0 Å². The molecule has 1 aromatic carbocycles. The summed E-state index contributed by atoms with van der Waals surface area (Å²) in [6.07, 6.45) is 0. The molecule has 1 heterocycles. The van der Waals surface area contributed by atoms with Gasteiger partial charge in [-0.15, -0.1) is 0 Å². The highest BCUT2D eigenvalue weighted by molar-refractivity contribution is 7.08. The third-order valence-electron chi connectivity index (χ3n) is 1.88. The maximum absolute atomic E-state index is 11.6. The number of aromatic carboxylic acids is 1. The number of para-hydroxylation sites is 1. The summed E-state index contributed by atoms with van der Waals surface area (Å²) in [4.78, 5) is 22.4. The second-order valence-electron chi connectivity index (χ2n) is 3.08. The highest BCUT2D eigenvalue weighted by Gasteiger charge is 2.16. The molecule has 0 spiro atoms. The molecular formula is C11H7NO4S. The Morgan fingerprint density at radius 3 is 2.53 bits per heavy atom. The van der Waals surface area contributed by atoms with Crippen LogP contribution in [0.5, 0.6) is 5.75 Å². The Balaban J connectivity index is 2.12. The van der Waals surface area contributed by atoms with Crippen molar-refractivity contribution in [3.8, 4) is 5.75 Å². The number of carbonyl (C=O) groups excluding carboxylic acids is 1. The van der Waals surface area contributed by atoms with Gasteiger partial charge in [0.15, 0.2) is 5.69 Å². The van der Waals surface area contributed by atoms with Crippen molar-refractivity contribution in [2.45, 2.75) is 0 Å². The van der Waals surface area contributed by atoms with Crippen LogP contribution in [0.2, 0.25) is 0 Å². The number of rotatable bonds is 3. The van der Waals surface area contributed by atoms with Crippen LogP contribution in [-0.2, 0) is 0 Å². The van der Waals surface area contributed by atoms with Crippen molar-refractivity contribution in [1.29, 1.82) is 0 Å². The number of carbonyl (C=O) groups is 2. The van der Waals surface area contributed by atoms with E-state index in [1.54, 1.807) is 30.3 Å². The molecule has 0 radical (unpaired) electrons. The normalized spacial score (nSPS) is 9.88. The predicted molar refractivity (Wildman–Crippen MR) is 60.5 cm³/mol. The fourth-order valence-electron chi connectivity index (χ4n) is 1.12. The van der Waals surface area contributed by atoms with E-state index in [-0.39, 0.29) is 10.6 Å². The molecule has 0 atom stereocenters. The van der Waals surface area contributed by atoms with Gasteiger partial charge in [0.2, 0.25) is 0 Å². The van der Waals surface area contributed by atoms with Crippen molar-refractivity contribution >= 4 is 23.5 Å². The van der Waals surface area contributed by atoms with Gasteiger partial charge in [0.1, 0.15) is 10.6 Å². The number of nitrogens with zero attached hydrogens (tertiary/aromatic N) is 1. The summed E-state index contributed by atoms with van der Waals surface area (Å²) in [5.74, 6) is -1.37. The molecule has 0 bridgehead atoms. The molecule has 0 amide bonds. The molecule has 0 saturated heterocycles.